The molecule has 0 unspecified atom stereocenters. The molecule has 0 saturated heterocycles. The Labute approximate surface area is 159 Å². The largest absolute Gasteiger partial charge is 0.490 e. The van der Waals surface area contributed by atoms with Gasteiger partial charge in [0.2, 0.25) is 5.89 Å². The summed E-state index contributed by atoms with van der Waals surface area (Å²) in [6, 6.07) is 15.5. The number of ether oxygens (including phenoxy) is 2. The molecule has 0 aliphatic heterocycles. The maximum absolute atomic E-state index is 5.92. The first kappa shape index (κ1) is 18.5. The topological polar surface area (TPSA) is 44.5 Å². The van der Waals surface area contributed by atoms with Crippen molar-refractivity contribution < 1.29 is 13.9 Å². The Morgan fingerprint density at radius 2 is 1.30 bits per heavy atom. The average molecular weight is 361 g/mol. The fourth-order valence-electron chi connectivity index (χ4n) is 2.43. The van der Waals surface area contributed by atoms with E-state index in [9.17, 15) is 0 Å². The molecule has 4 nitrogen and oxygen atoms in total. The van der Waals surface area contributed by atoms with Gasteiger partial charge in [0.15, 0.2) is 5.76 Å². The molecule has 4 heteroatoms. The van der Waals surface area contributed by atoms with Crippen LogP contribution in [0.2, 0.25) is 0 Å². The van der Waals surface area contributed by atoms with Gasteiger partial charge < -0.3 is 13.9 Å². The van der Waals surface area contributed by atoms with Gasteiger partial charge in [0, 0.05) is 11.1 Å². The molecule has 0 fully saturated rings. The van der Waals surface area contributed by atoms with Crippen LogP contribution in [-0.2, 0) is 0 Å². The fraction of sp³-hybridized carbons (Fsp3) is 0.174. The molecule has 0 spiro atoms. The molecule has 0 atom stereocenters. The molecule has 0 radical (unpaired) electrons. The number of nitrogens with zero attached hydrogens (tertiary/aromatic N) is 1. The van der Waals surface area contributed by atoms with Crippen LogP contribution in [-0.4, -0.2) is 18.2 Å². The maximum atomic E-state index is 5.92. The van der Waals surface area contributed by atoms with Gasteiger partial charge in [-0.05, 0) is 62.4 Å². The average Bonchev–Trinajstić information content (AvgIpc) is 3.20. The zero-order chi connectivity index (χ0) is 18.9. The Morgan fingerprint density at radius 3 is 1.81 bits per heavy atom. The molecule has 3 aromatic rings. The van der Waals surface area contributed by atoms with Crippen LogP contribution in [0.4, 0.5) is 0 Å². The number of aromatic nitrogens is 1. The van der Waals surface area contributed by atoms with Crippen molar-refractivity contribution in [3.8, 4) is 34.3 Å². The van der Waals surface area contributed by atoms with Gasteiger partial charge >= 0.3 is 0 Å². The minimum atomic E-state index is 0.563. The Morgan fingerprint density at radius 1 is 0.778 bits per heavy atom. The highest BCUT2D eigenvalue weighted by atomic mass is 16.5. The van der Waals surface area contributed by atoms with Crippen molar-refractivity contribution in [2.45, 2.75) is 13.8 Å². The van der Waals surface area contributed by atoms with Crippen LogP contribution in [0.5, 0.6) is 11.5 Å². The minimum Gasteiger partial charge on any atom is -0.490 e. The van der Waals surface area contributed by atoms with E-state index in [2.05, 4.69) is 4.98 Å². The van der Waals surface area contributed by atoms with Crippen LogP contribution in [0.15, 0.2) is 83.4 Å². The molecule has 0 saturated carbocycles. The number of rotatable bonds is 8. The number of benzene rings is 2. The molecule has 138 valence electrons. The molecule has 3 rings (SSSR count). The van der Waals surface area contributed by atoms with E-state index in [0.717, 1.165) is 28.4 Å². The Hall–Kier alpha value is -3.27. The normalized spacial score (nSPS) is 11.3. The summed E-state index contributed by atoms with van der Waals surface area (Å²) >= 11 is 0. The van der Waals surface area contributed by atoms with Crippen molar-refractivity contribution in [1.82, 2.24) is 4.98 Å². The van der Waals surface area contributed by atoms with E-state index in [0.29, 0.717) is 19.1 Å². The lowest BCUT2D eigenvalue weighted by atomic mass is 10.2. The first-order chi connectivity index (χ1) is 13.3. The summed E-state index contributed by atoms with van der Waals surface area (Å²) in [5, 5.41) is 0. The monoisotopic (exact) mass is 361 g/mol. The third kappa shape index (κ3) is 5.11. The smallest absolute Gasteiger partial charge is 0.226 e. The third-order valence-corrected chi connectivity index (χ3v) is 3.91. The number of hydrogen-bond acceptors (Lipinski definition) is 4. The lowest BCUT2D eigenvalue weighted by molar-refractivity contribution is 0.362. The summed E-state index contributed by atoms with van der Waals surface area (Å²) in [5.74, 6) is 2.94. The summed E-state index contributed by atoms with van der Waals surface area (Å²) in [6.45, 7) is 5.07. The molecular formula is C23H23NO3. The van der Waals surface area contributed by atoms with Crippen LogP contribution in [0.1, 0.15) is 13.8 Å². The summed E-state index contributed by atoms with van der Waals surface area (Å²) < 4.78 is 17.1. The number of hydrogen-bond donors (Lipinski definition) is 0. The summed E-state index contributed by atoms with van der Waals surface area (Å²) in [6.07, 6.45) is 9.59. The van der Waals surface area contributed by atoms with E-state index in [4.69, 9.17) is 13.9 Å². The van der Waals surface area contributed by atoms with Gasteiger partial charge in [-0.1, -0.05) is 24.3 Å². The van der Waals surface area contributed by atoms with E-state index < -0.39 is 0 Å². The van der Waals surface area contributed by atoms with Crippen molar-refractivity contribution in [1.29, 1.82) is 0 Å². The lowest BCUT2D eigenvalue weighted by Crippen LogP contribution is -1.92. The zero-order valence-electron chi connectivity index (χ0n) is 15.6. The summed E-state index contributed by atoms with van der Waals surface area (Å²) in [5.41, 5.74) is 1.87. The molecule has 0 aliphatic carbocycles. The van der Waals surface area contributed by atoms with Crippen molar-refractivity contribution in [3.05, 3.63) is 79.0 Å². The van der Waals surface area contributed by atoms with Crippen LogP contribution in [0, 0.1) is 0 Å². The second kappa shape index (κ2) is 9.43. The van der Waals surface area contributed by atoms with Gasteiger partial charge in [0.25, 0.3) is 0 Å². The quantitative estimate of drug-likeness (QED) is 0.467. The third-order valence-electron chi connectivity index (χ3n) is 3.91. The Balaban J connectivity index is 1.67. The SMILES string of the molecule is C/C=C/COc1ccc(-c2cnc(-c3ccc(OC/C=C/C)cc3)o2)cc1. The molecule has 2 aromatic carbocycles. The first-order valence-corrected chi connectivity index (χ1v) is 8.94. The molecule has 0 N–H and O–H groups in total. The second-order valence-corrected chi connectivity index (χ2v) is 5.84. The van der Waals surface area contributed by atoms with Crippen molar-refractivity contribution >= 4 is 0 Å². The fourth-order valence-corrected chi connectivity index (χ4v) is 2.43. The predicted octanol–water partition coefficient (Wildman–Crippen LogP) is 5.92. The Kier molecular flexibility index (Phi) is 6.47. The van der Waals surface area contributed by atoms with E-state index in [1.807, 2.05) is 86.7 Å². The Bertz CT molecular complexity index is 816. The van der Waals surface area contributed by atoms with Crippen LogP contribution < -0.4 is 9.47 Å². The van der Waals surface area contributed by atoms with Gasteiger partial charge in [-0.2, -0.15) is 0 Å². The summed E-state index contributed by atoms with van der Waals surface area (Å²) in [4.78, 5) is 4.39. The molecule has 0 aliphatic rings. The molecule has 1 aromatic heterocycles. The zero-order valence-corrected chi connectivity index (χ0v) is 15.6. The van der Waals surface area contributed by atoms with Gasteiger partial charge in [0.05, 0.1) is 6.20 Å². The van der Waals surface area contributed by atoms with Gasteiger partial charge in [-0.15, -0.1) is 0 Å². The molecule has 27 heavy (non-hydrogen) atoms. The van der Waals surface area contributed by atoms with Gasteiger partial charge in [-0.3, -0.25) is 0 Å². The number of oxazole rings is 1. The molecule has 0 bridgehead atoms. The molecule has 0 amide bonds. The minimum absolute atomic E-state index is 0.563. The van der Waals surface area contributed by atoms with Gasteiger partial charge in [-0.25, -0.2) is 4.98 Å². The molecule has 1 heterocycles. The number of allylic oxidation sites excluding steroid dienone is 2. The van der Waals surface area contributed by atoms with Crippen molar-refractivity contribution in [2.75, 3.05) is 13.2 Å². The highest BCUT2D eigenvalue weighted by Gasteiger charge is 2.09. The maximum Gasteiger partial charge on any atom is 0.226 e. The first-order valence-electron chi connectivity index (χ1n) is 8.94. The van der Waals surface area contributed by atoms with Crippen LogP contribution in [0.25, 0.3) is 22.8 Å². The van der Waals surface area contributed by atoms with Crippen LogP contribution >= 0.6 is 0 Å². The molecular weight excluding hydrogens is 338 g/mol. The van der Waals surface area contributed by atoms with Crippen molar-refractivity contribution in [2.24, 2.45) is 0 Å². The highest BCUT2D eigenvalue weighted by molar-refractivity contribution is 5.62. The van der Waals surface area contributed by atoms with Crippen molar-refractivity contribution in [3.63, 3.8) is 0 Å². The van der Waals surface area contributed by atoms with E-state index >= 15 is 0 Å². The standard InChI is InChI=1S/C23H23NO3/c1-3-5-15-25-20-11-7-18(8-12-20)22-17-24-23(27-22)19-9-13-21(14-10-19)26-16-6-4-2/h3-14,17H,15-16H2,1-2H3/b5-3+,6-4+. The second-order valence-electron chi connectivity index (χ2n) is 5.84. The lowest BCUT2D eigenvalue weighted by Gasteiger charge is -2.04. The summed E-state index contributed by atoms with van der Waals surface area (Å²) in [7, 11) is 0. The van der Waals surface area contributed by atoms with E-state index in [1.54, 1.807) is 6.20 Å². The van der Waals surface area contributed by atoms with Gasteiger partial charge in [0.1, 0.15) is 24.7 Å². The van der Waals surface area contributed by atoms with Crippen LogP contribution in [0.3, 0.4) is 0 Å². The van der Waals surface area contributed by atoms with E-state index in [1.165, 1.54) is 0 Å². The van der Waals surface area contributed by atoms with E-state index in [-0.39, 0.29) is 0 Å². The highest BCUT2D eigenvalue weighted by Crippen LogP contribution is 2.28. The predicted molar refractivity (Wildman–Crippen MR) is 108 cm³/mol.